The zero-order valence-corrected chi connectivity index (χ0v) is 14.9. The minimum atomic E-state index is -0.939. The molecule has 4 rings (SSSR count). The summed E-state index contributed by atoms with van der Waals surface area (Å²) in [5.41, 5.74) is 4.48. The molecular formula is C24H26B-. The lowest BCUT2D eigenvalue weighted by Crippen LogP contribution is -2.70. The van der Waals surface area contributed by atoms with E-state index in [0.717, 1.165) is 0 Å². The Balaban J connectivity index is 2.01. The van der Waals surface area contributed by atoms with Gasteiger partial charge in [0.2, 0.25) is 0 Å². The van der Waals surface area contributed by atoms with Crippen molar-refractivity contribution in [1.29, 1.82) is 0 Å². The van der Waals surface area contributed by atoms with E-state index in [1.165, 1.54) is 48.5 Å². The maximum atomic E-state index is 2.36. The first kappa shape index (κ1) is 16.2. The molecule has 0 amide bonds. The normalized spacial score (nSPS) is 15.8. The highest BCUT2D eigenvalue weighted by Crippen LogP contribution is 2.36. The topological polar surface area (TPSA) is 0 Å². The third kappa shape index (κ3) is 2.93. The molecule has 1 aliphatic carbocycles. The van der Waals surface area contributed by atoms with E-state index in [1.807, 2.05) is 0 Å². The third-order valence-electron chi connectivity index (χ3n) is 6.33. The fourth-order valence-corrected chi connectivity index (χ4v) is 5.30. The molecule has 0 unspecified atom stereocenters. The summed E-state index contributed by atoms with van der Waals surface area (Å²) < 4.78 is 0. The highest BCUT2D eigenvalue weighted by Gasteiger charge is 2.37. The van der Waals surface area contributed by atoms with Gasteiger partial charge >= 0.3 is 0 Å². The van der Waals surface area contributed by atoms with Gasteiger partial charge in [0.1, 0.15) is 0 Å². The van der Waals surface area contributed by atoms with Gasteiger partial charge in [-0.3, -0.25) is 0 Å². The summed E-state index contributed by atoms with van der Waals surface area (Å²) in [4.78, 5) is 0. The summed E-state index contributed by atoms with van der Waals surface area (Å²) >= 11 is 0. The second-order valence-electron chi connectivity index (χ2n) is 7.56. The minimum absolute atomic E-state index is 0.709. The molecule has 0 N–H and O–H groups in total. The number of benzene rings is 3. The van der Waals surface area contributed by atoms with Gasteiger partial charge in [-0.2, -0.15) is 22.2 Å². The maximum absolute atomic E-state index is 2.36. The predicted octanol–water partition coefficient (Wildman–Crippen LogP) is 4.49. The summed E-state index contributed by atoms with van der Waals surface area (Å²) in [6.45, 7) is 0. The van der Waals surface area contributed by atoms with Gasteiger partial charge in [0.05, 0.1) is 6.15 Å². The highest BCUT2D eigenvalue weighted by atomic mass is 14.2. The summed E-state index contributed by atoms with van der Waals surface area (Å²) in [6.07, 6.45) is 5.84. The van der Waals surface area contributed by atoms with Crippen molar-refractivity contribution < 1.29 is 0 Å². The van der Waals surface area contributed by atoms with E-state index in [1.54, 1.807) is 0 Å². The molecule has 0 aliphatic heterocycles. The number of rotatable bonds is 4. The van der Waals surface area contributed by atoms with Gasteiger partial charge in [-0.25, -0.2) is 0 Å². The van der Waals surface area contributed by atoms with Gasteiger partial charge in [0.25, 0.3) is 0 Å². The standard InChI is InChI=1S/C24H26B/c1-5-13-21(14-6-1)25(22-15-7-2-8-16-22,23-17-9-3-10-18-23)24-19-11-4-12-20-24/h1-3,5-10,13-18,24H,4,11-12,19-20H2/q-1. The molecular weight excluding hydrogens is 299 g/mol. The monoisotopic (exact) mass is 325 g/mol. The van der Waals surface area contributed by atoms with Crippen LogP contribution in [0.1, 0.15) is 32.1 Å². The Labute approximate surface area is 151 Å². The van der Waals surface area contributed by atoms with Crippen LogP contribution < -0.4 is 16.4 Å². The van der Waals surface area contributed by atoms with Crippen molar-refractivity contribution in [3.05, 3.63) is 91.0 Å². The highest BCUT2D eigenvalue weighted by molar-refractivity contribution is 7.12. The molecule has 0 bridgehead atoms. The first-order valence-corrected chi connectivity index (χ1v) is 9.75. The van der Waals surface area contributed by atoms with Crippen LogP contribution in [0.4, 0.5) is 0 Å². The van der Waals surface area contributed by atoms with E-state index in [0.29, 0.717) is 5.82 Å². The van der Waals surface area contributed by atoms with Crippen LogP contribution in [0.15, 0.2) is 91.0 Å². The van der Waals surface area contributed by atoms with E-state index >= 15 is 0 Å². The van der Waals surface area contributed by atoms with E-state index < -0.39 is 6.15 Å². The van der Waals surface area contributed by atoms with Crippen molar-refractivity contribution in [2.75, 3.05) is 0 Å². The van der Waals surface area contributed by atoms with Crippen molar-refractivity contribution in [2.24, 2.45) is 0 Å². The molecule has 25 heavy (non-hydrogen) atoms. The molecule has 0 saturated heterocycles. The van der Waals surface area contributed by atoms with Crippen molar-refractivity contribution in [3.8, 4) is 0 Å². The van der Waals surface area contributed by atoms with Crippen LogP contribution in [0.5, 0.6) is 0 Å². The molecule has 0 aromatic heterocycles. The van der Waals surface area contributed by atoms with E-state index in [2.05, 4.69) is 91.0 Å². The van der Waals surface area contributed by atoms with Crippen molar-refractivity contribution >= 4 is 22.5 Å². The van der Waals surface area contributed by atoms with Crippen molar-refractivity contribution in [3.63, 3.8) is 0 Å². The average molecular weight is 325 g/mol. The lowest BCUT2D eigenvalue weighted by Gasteiger charge is -2.51. The Morgan fingerprint density at radius 3 is 1.20 bits per heavy atom. The zero-order chi connectivity index (χ0) is 17.0. The second-order valence-corrected chi connectivity index (χ2v) is 7.56. The van der Waals surface area contributed by atoms with E-state index in [-0.39, 0.29) is 0 Å². The SMILES string of the molecule is c1ccc([B-](c2ccccc2)(c2ccccc2)C2CCCCC2)cc1. The number of hydrogen-bond acceptors (Lipinski definition) is 0. The summed E-state index contributed by atoms with van der Waals surface area (Å²) in [7, 11) is 0. The molecule has 1 fully saturated rings. The molecule has 1 heteroatoms. The Hall–Kier alpha value is -2.28. The van der Waals surface area contributed by atoms with Crippen LogP contribution in [0, 0.1) is 0 Å². The summed E-state index contributed by atoms with van der Waals surface area (Å²) in [5.74, 6) is 0.709. The first-order chi connectivity index (χ1) is 12.4. The molecule has 0 atom stereocenters. The molecule has 0 radical (unpaired) electrons. The molecule has 126 valence electrons. The van der Waals surface area contributed by atoms with Crippen LogP contribution in [-0.4, -0.2) is 6.15 Å². The smallest absolute Gasteiger partial charge is 0.0842 e. The van der Waals surface area contributed by atoms with Gasteiger partial charge < -0.3 is 0 Å². The lowest BCUT2D eigenvalue weighted by molar-refractivity contribution is 0.497. The molecule has 1 aliphatic rings. The fourth-order valence-electron chi connectivity index (χ4n) is 5.30. The fraction of sp³-hybridized carbons (Fsp3) is 0.250. The molecule has 3 aromatic rings. The average Bonchev–Trinajstić information content (AvgIpc) is 2.72. The van der Waals surface area contributed by atoms with E-state index in [9.17, 15) is 0 Å². The van der Waals surface area contributed by atoms with Crippen LogP contribution in [0.25, 0.3) is 0 Å². The molecule has 0 spiro atoms. The predicted molar refractivity (Wildman–Crippen MR) is 111 cm³/mol. The van der Waals surface area contributed by atoms with Crippen molar-refractivity contribution in [1.82, 2.24) is 0 Å². The van der Waals surface area contributed by atoms with Crippen LogP contribution >= 0.6 is 0 Å². The van der Waals surface area contributed by atoms with Gasteiger partial charge in [0, 0.05) is 0 Å². The molecule has 0 heterocycles. The quantitative estimate of drug-likeness (QED) is 0.620. The molecule has 0 nitrogen and oxygen atoms in total. The summed E-state index contributed by atoms with van der Waals surface area (Å²) in [5, 5.41) is 0. The Morgan fingerprint density at radius 1 is 0.480 bits per heavy atom. The van der Waals surface area contributed by atoms with Crippen LogP contribution in [0.3, 0.4) is 0 Å². The van der Waals surface area contributed by atoms with Crippen molar-refractivity contribution in [2.45, 2.75) is 37.9 Å². The van der Waals surface area contributed by atoms with Gasteiger partial charge in [-0.15, -0.1) is 0 Å². The molecule has 1 saturated carbocycles. The summed E-state index contributed by atoms with van der Waals surface area (Å²) in [6, 6.07) is 33.8. The van der Waals surface area contributed by atoms with Gasteiger partial charge in [0.15, 0.2) is 0 Å². The Kier molecular flexibility index (Phi) is 4.74. The Bertz CT molecular complexity index is 677. The maximum Gasteiger partial charge on any atom is 0.0842 e. The van der Waals surface area contributed by atoms with Gasteiger partial charge in [-0.1, -0.05) is 123 Å². The minimum Gasteiger partial charge on any atom is -0.200 e. The van der Waals surface area contributed by atoms with Crippen LogP contribution in [-0.2, 0) is 0 Å². The van der Waals surface area contributed by atoms with E-state index in [4.69, 9.17) is 0 Å². The Morgan fingerprint density at radius 2 is 0.840 bits per heavy atom. The number of hydrogen-bond donors (Lipinski definition) is 0. The van der Waals surface area contributed by atoms with Crippen LogP contribution in [0.2, 0.25) is 5.82 Å². The second kappa shape index (κ2) is 7.31. The first-order valence-electron chi connectivity index (χ1n) is 9.75. The lowest BCUT2D eigenvalue weighted by atomic mass is 9.10. The molecule has 3 aromatic carbocycles. The third-order valence-corrected chi connectivity index (χ3v) is 6.33. The van der Waals surface area contributed by atoms with Gasteiger partial charge in [-0.05, 0) is 0 Å². The largest absolute Gasteiger partial charge is 0.200 e. The zero-order valence-electron chi connectivity index (χ0n) is 14.9.